The van der Waals surface area contributed by atoms with E-state index in [2.05, 4.69) is 11.4 Å². The number of hydrogen-bond donors (Lipinski definition) is 2. The van der Waals surface area contributed by atoms with Gasteiger partial charge in [-0.3, -0.25) is 4.79 Å². The third kappa shape index (κ3) is 7.11. The third-order valence-electron chi connectivity index (χ3n) is 3.03. The van der Waals surface area contributed by atoms with E-state index in [4.69, 9.17) is 4.74 Å². The smallest absolute Gasteiger partial charge is 0.223 e. The number of carbonyl (C=O) groups is 1. The lowest BCUT2D eigenvalue weighted by Gasteiger charge is -2.15. The summed E-state index contributed by atoms with van der Waals surface area (Å²) >= 11 is 0. The number of nitrogens with zero attached hydrogens (tertiary/aromatic N) is 1. The molecule has 5 nitrogen and oxygen atoms in total. The summed E-state index contributed by atoms with van der Waals surface area (Å²) in [6, 6.07) is 5.97. The minimum atomic E-state index is -0.597. The number of carbonyl (C=O) groups excluding carboxylic acids is 1. The molecule has 118 valence electrons. The van der Waals surface area contributed by atoms with Crippen molar-refractivity contribution in [1.82, 2.24) is 10.2 Å². The van der Waals surface area contributed by atoms with E-state index in [0.29, 0.717) is 19.5 Å². The molecule has 0 aliphatic heterocycles. The van der Waals surface area contributed by atoms with Crippen LogP contribution < -0.4 is 10.1 Å². The summed E-state index contributed by atoms with van der Waals surface area (Å²) in [5.41, 5.74) is 2.28. The Labute approximate surface area is 126 Å². The van der Waals surface area contributed by atoms with Crippen LogP contribution in [0.1, 0.15) is 17.5 Å². The van der Waals surface area contributed by atoms with Gasteiger partial charge in [-0.2, -0.15) is 0 Å². The van der Waals surface area contributed by atoms with E-state index in [9.17, 15) is 9.90 Å². The molecule has 1 unspecified atom stereocenters. The number of nitrogens with one attached hydrogen (secondary N) is 1. The molecule has 2 N–H and O–H groups in total. The summed E-state index contributed by atoms with van der Waals surface area (Å²) in [5.74, 6) is 0.845. The highest BCUT2D eigenvalue weighted by molar-refractivity contribution is 5.75. The summed E-state index contributed by atoms with van der Waals surface area (Å²) in [6.07, 6.45) is -0.169. The minimum Gasteiger partial charge on any atom is -0.491 e. The van der Waals surface area contributed by atoms with Gasteiger partial charge in [-0.25, -0.2) is 0 Å². The van der Waals surface area contributed by atoms with Gasteiger partial charge in [0.1, 0.15) is 18.5 Å². The Hall–Kier alpha value is -1.59. The van der Waals surface area contributed by atoms with E-state index in [-0.39, 0.29) is 12.5 Å². The molecule has 0 bridgehead atoms. The number of amides is 1. The number of aliphatic hydroxyl groups excluding tert-OH is 1. The molecule has 0 aromatic heterocycles. The highest BCUT2D eigenvalue weighted by Crippen LogP contribution is 2.16. The maximum absolute atomic E-state index is 11.4. The zero-order chi connectivity index (χ0) is 15.8. The topological polar surface area (TPSA) is 61.8 Å². The van der Waals surface area contributed by atoms with Crippen LogP contribution in [-0.2, 0) is 4.79 Å². The van der Waals surface area contributed by atoms with Crippen molar-refractivity contribution in [2.45, 2.75) is 26.4 Å². The number of aryl methyl sites for hydroxylation is 2. The Morgan fingerprint density at radius 3 is 2.48 bits per heavy atom. The van der Waals surface area contributed by atoms with Crippen molar-refractivity contribution in [3.63, 3.8) is 0 Å². The largest absolute Gasteiger partial charge is 0.491 e. The molecular formula is C16H26N2O3. The molecule has 0 saturated carbocycles. The first kappa shape index (κ1) is 17.5. The van der Waals surface area contributed by atoms with E-state index < -0.39 is 6.10 Å². The molecule has 1 aromatic rings. The molecule has 0 radical (unpaired) electrons. The average Bonchev–Trinajstić information content (AvgIpc) is 2.40. The number of ether oxygens (including phenoxy) is 1. The van der Waals surface area contributed by atoms with Crippen LogP contribution >= 0.6 is 0 Å². The number of aliphatic hydroxyl groups is 1. The maximum Gasteiger partial charge on any atom is 0.223 e. The lowest BCUT2D eigenvalue weighted by atomic mass is 10.1. The summed E-state index contributed by atoms with van der Waals surface area (Å²) in [7, 11) is 3.46. The van der Waals surface area contributed by atoms with Crippen molar-refractivity contribution >= 4 is 5.91 Å². The molecule has 0 saturated heterocycles. The molecule has 1 aromatic carbocycles. The van der Waals surface area contributed by atoms with Crippen LogP contribution in [0, 0.1) is 13.8 Å². The van der Waals surface area contributed by atoms with Gasteiger partial charge in [-0.05, 0) is 37.1 Å². The van der Waals surface area contributed by atoms with Gasteiger partial charge in [0, 0.05) is 33.6 Å². The van der Waals surface area contributed by atoms with Crippen LogP contribution in [0.2, 0.25) is 0 Å². The van der Waals surface area contributed by atoms with Gasteiger partial charge in [0.2, 0.25) is 5.91 Å². The zero-order valence-corrected chi connectivity index (χ0v) is 13.3. The fraction of sp³-hybridized carbons (Fsp3) is 0.562. The van der Waals surface area contributed by atoms with Crippen LogP contribution in [0.4, 0.5) is 0 Å². The van der Waals surface area contributed by atoms with Gasteiger partial charge in [0.15, 0.2) is 0 Å². The molecular weight excluding hydrogens is 268 g/mol. The lowest BCUT2D eigenvalue weighted by Crippen LogP contribution is -2.34. The second-order valence-corrected chi connectivity index (χ2v) is 5.53. The van der Waals surface area contributed by atoms with Gasteiger partial charge in [-0.1, -0.05) is 6.07 Å². The Morgan fingerprint density at radius 1 is 1.29 bits per heavy atom. The highest BCUT2D eigenvalue weighted by atomic mass is 16.5. The molecule has 1 atom stereocenters. The quantitative estimate of drug-likeness (QED) is 0.705. The predicted molar refractivity (Wildman–Crippen MR) is 83.6 cm³/mol. The SMILES string of the molecule is Cc1cc(C)cc(OCC(O)CNCCC(=O)N(C)C)c1. The molecule has 21 heavy (non-hydrogen) atoms. The minimum absolute atomic E-state index is 0.0727. The van der Waals surface area contributed by atoms with Gasteiger partial charge in [0.25, 0.3) is 0 Å². The summed E-state index contributed by atoms with van der Waals surface area (Å²) < 4.78 is 5.58. The van der Waals surface area contributed by atoms with Crippen molar-refractivity contribution in [2.75, 3.05) is 33.8 Å². The lowest BCUT2D eigenvalue weighted by molar-refractivity contribution is -0.128. The fourth-order valence-corrected chi connectivity index (χ4v) is 1.96. The van der Waals surface area contributed by atoms with Gasteiger partial charge in [0.05, 0.1) is 0 Å². The van der Waals surface area contributed by atoms with E-state index in [0.717, 1.165) is 16.9 Å². The fourth-order valence-electron chi connectivity index (χ4n) is 1.96. The first-order valence-corrected chi connectivity index (χ1v) is 7.18. The van der Waals surface area contributed by atoms with Crippen LogP contribution in [0.15, 0.2) is 18.2 Å². The van der Waals surface area contributed by atoms with Crippen LogP contribution in [-0.4, -0.2) is 55.8 Å². The van der Waals surface area contributed by atoms with Gasteiger partial charge in [-0.15, -0.1) is 0 Å². The van der Waals surface area contributed by atoms with E-state index in [1.807, 2.05) is 26.0 Å². The third-order valence-corrected chi connectivity index (χ3v) is 3.03. The normalized spacial score (nSPS) is 12.0. The Morgan fingerprint density at radius 2 is 1.90 bits per heavy atom. The van der Waals surface area contributed by atoms with Crippen LogP contribution in [0.25, 0.3) is 0 Å². The molecule has 1 rings (SSSR count). The molecule has 0 aliphatic carbocycles. The Bertz CT molecular complexity index is 441. The molecule has 0 aliphatic rings. The maximum atomic E-state index is 11.4. The Kier molecular flexibility index (Phi) is 7.19. The van der Waals surface area contributed by atoms with Crippen molar-refractivity contribution in [3.8, 4) is 5.75 Å². The van der Waals surface area contributed by atoms with Crippen molar-refractivity contribution < 1.29 is 14.6 Å². The molecule has 0 fully saturated rings. The molecule has 5 heteroatoms. The van der Waals surface area contributed by atoms with Crippen LogP contribution in [0.5, 0.6) is 5.75 Å². The monoisotopic (exact) mass is 294 g/mol. The first-order valence-electron chi connectivity index (χ1n) is 7.18. The number of hydrogen-bond acceptors (Lipinski definition) is 4. The molecule has 1 amide bonds. The molecule has 0 heterocycles. The van der Waals surface area contributed by atoms with Crippen molar-refractivity contribution in [2.24, 2.45) is 0 Å². The highest BCUT2D eigenvalue weighted by Gasteiger charge is 2.07. The second-order valence-electron chi connectivity index (χ2n) is 5.53. The average molecular weight is 294 g/mol. The van der Waals surface area contributed by atoms with Crippen LogP contribution in [0.3, 0.4) is 0 Å². The van der Waals surface area contributed by atoms with E-state index in [1.54, 1.807) is 19.0 Å². The summed E-state index contributed by atoms with van der Waals surface area (Å²) in [5, 5.41) is 12.9. The summed E-state index contributed by atoms with van der Waals surface area (Å²) in [4.78, 5) is 12.9. The standard InChI is InChI=1S/C16H26N2O3/c1-12-7-13(2)9-15(8-12)21-11-14(19)10-17-6-5-16(20)18(3)4/h7-9,14,17,19H,5-6,10-11H2,1-4H3. The van der Waals surface area contributed by atoms with E-state index in [1.165, 1.54) is 0 Å². The zero-order valence-electron chi connectivity index (χ0n) is 13.3. The van der Waals surface area contributed by atoms with E-state index >= 15 is 0 Å². The predicted octanol–water partition coefficient (Wildman–Crippen LogP) is 1.11. The number of benzene rings is 1. The van der Waals surface area contributed by atoms with Crippen molar-refractivity contribution in [1.29, 1.82) is 0 Å². The number of rotatable bonds is 8. The van der Waals surface area contributed by atoms with Gasteiger partial charge >= 0.3 is 0 Å². The Balaban J connectivity index is 2.22. The van der Waals surface area contributed by atoms with Crippen molar-refractivity contribution in [3.05, 3.63) is 29.3 Å². The molecule has 0 spiro atoms. The summed E-state index contributed by atoms with van der Waals surface area (Å²) in [6.45, 7) is 5.22. The van der Waals surface area contributed by atoms with Gasteiger partial charge < -0.3 is 20.1 Å². The second kappa shape index (κ2) is 8.64. The first-order chi connectivity index (χ1) is 9.88.